The molecule has 0 spiro atoms. The Morgan fingerprint density at radius 3 is 2.95 bits per heavy atom. The molecule has 1 aromatic heterocycles. The fourth-order valence-electron chi connectivity index (χ4n) is 3.62. The highest BCUT2D eigenvalue weighted by Crippen LogP contribution is 2.32. The van der Waals surface area contributed by atoms with E-state index in [1.165, 1.54) is 16.7 Å². The molecule has 22 heavy (non-hydrogen) atoms. The van der Waals surface area contributed by atoms with Crippen molar-refractivity contribution in [3.63, 3.8) is 0 Å². The normalized spacial score (nSPS) is 16.2. The maximum absolute atomic E-state index is 11.9. The second-order valence-electron chi connectivity index (χ2n) is 6.08. The summed E-state index contributed by atoms with van der Waals surface area (Å²) in [6.45, 7) is 1.83. The summed E-state index contributed by atoms with van der Waals surface area (Å²) < 4.78 is 0. The third-order valence-corrected chi connectivity index (χ3v) is 4.71. The molecule has 2 aromatic rings. The molecule has 1 aliphatic carbocycles. The number of rotatable bonds is 2. The molecule has 4 rings (SSSR count). The average molecular weight is 293 g/mol. The number of hydrogen-bond donors (Lipinski definition) is 2. The molecular formula is C18H19N3O. The van der Waals surface area contributed by atoms with Gasteiger partial charge in [0.15, 0.2) is 0 Å². The van der Waals surface area contributed by atoms with Crippen molar-refractivity contribution in [1.29, 1.82) is 0 Å². The molecule has 0 saturated carbocycles. The lowest BCUT2D eigenvalue weighted by molar-refractivity contribution is 0.100. The van der Waals surface area contributed by atoms with Crippen LogP contribution in [0.2, 0.25) is 0 Å². The Labute approximate surface area is 129 Å². The van der Waals surface area contributed by atoms with Gasteiger partial charge in [-0.05, 0) is 55.0 Å². The molecule has 3 N–H and O–H groups in total. The van der Waals surface area contributed by atoms with Crippen LogP contribution in [0, 0.1) is 0 Å². The molecule has 4 nitrogen and oxygen atoms in total. The minimum Gasteiger partial charge on any atom is -0.366 e. The second kappa shape index (κ2) is 5.21. The number of primary amides is 1. The van der Waals surface area contributed by atoms with Crippen molar-refractivity contribution < 1.29 is 4.79 Å². The Kier molecular flexibility index (Phi) is 3.19. The van der Waals surface area contributed by atoms with Gasteiger partial charge in [0.05, 0.1) is 11.3 Å². The van der Waals surface area contributed by atoms with Crippen LogP contribution in [0.3, 0.4) is 0 Å². The number of nitrogens with one attached hydrogen (secondary N) is 1. The van der Waals surface area contributed by atoms with Gasteiger partial charge in [-0.15, -0.1) is 0 Å². The van der Waals surface area contributed by atoms with E-state index in [1.54, 1.807) is 0 Å². The van der Waals surface area contributed by atoms with Crippen LogP contribution < -0.4 is 11.1 Å². The first-order chi connectivity index (χ1) is 10.7. The van der Waals surface area contributed by atoms with Crippen molar-refractivity contribution in [3.8, 4) is 11.3 Å². The van der Waals surface area contributed by atoms with Gasteiger partial charge in [0.1, 0.15) is 0 Å². The maximum Gasteiger partial charge on any atom is 0.250 e. The fraction of sp³-hybridized carbons (Fsp3) is 0.333. The lowest BCUT2D eigenvalue weighted by atomic mass is 9.91. The molecule has 0 saturated heterocycles. The van der Waals surface area contributed by atoms with Gasteiger partial charge >= 0.3 is 0 Å². The van der Waals surface area contributed by atoms with Crippen LogP contribution in [0.15, 0.2) is 24.3 Å². The molecule has 0 bridgehead atoms. The summed E-state index contributed by atoms with van der Waals surface area (Å²) in [6.07, 6.45) is 4.07. The molecule has 0 fully saturated rings. The third-order valence-electron chi connectivity index (χ3n) is 4.71. The number of nitrogens with two attached hydrogens (primary N) is 1. The molecule has 1 aliphatic heterocycles. The van der Waals surface area contributed by atoms with E-state index >= 15 is 0 Å². The summed E-state index contributed by atoms with van der Waals surface area (Å²) in [7, 11) is 0. The lowest BCUT2D eigenvalue weighted by Gasteiger charge is -2.21. The third kappa shape index (κ3) is 2.11. The summed E-state index contributed by atoms with van der Waals surface area (Å²) in [5.41, 5.74) is 12.9. The second-order valence-corrected chi connectivity index (χ2v) is 6.08. The Morgan fingerprint density at radius 1 is 1.18 bits per heavy atom. The molecule has 4 heteroatoms. The summed E-state index contributed by atoms with van der Waals surface area (Å²) in [5, 5.41) is 3.39. The summed E-state index contributed by atoms with van der Waals surface area (Å²) >= 11 is 0. The lowest BCUT2D eigenvalue weighted by Crippen LogP contribution is -2.24. The van der Waals surface area contributed by atoms with Crippen molar-refractivity contribution >= 4 is 5.91 Å². The van der Waals surface area contributed by atoms with Crippen LogP contribution in [-0.2, 0) is 25.8 Å². The first-order valence-corrected chi connectivity index (χ1v) is 7.88. The zero-order valence-corrected chi connectivity index (χ0v) is 12.5. The number of carbonyl (C=O) groups is 1. The van der Waals surface area contributed by atoms with E-state index in [-0.39, 0.29) is 5.91 Å². The minimum absolute atomic E-state index is 0.385. The Morgan fingerprint density at radius 2 is 2.09 bits per heavy atom. The summed E-state index contributed by atoms with van der Waals surface area (Å²) in [5.74, 6) is -0.385. The molecular weight excluding hydrogens is 274 g/mol. The van der Waals surface area contributed by atoms with Crippen LogP contribution in [0.5, 0.6) is 0 Å². The Balaban J connectivity index is 1.94. The van der Waals surface area contributed by atoms with E-state index in [0.29, 0.717) is 5.56 Å². The molecule has 1 amide bonds. The largest absolute Gasteiger partial charge is 0.366 e. The van der Waals surface area contributed by atoms with Gasteiger partial charge in [-0.2, -0.15) is 0 Å². The molecule has 2 heterocycles. The number of fused-ring (bicyclic) bond motifs is 2. The topological polar surface area (TPSA) is 68.0 Å². The van der Waals surface area contributed by atoms with Gasteiger partial charge in [-0.3, -0.25) is 9.78 Å². The molecule has 112 valence electrons. The van der Waals surface area contributed by atoms with Gasteiger partial charge in [0.25, 0.3) is 5.91 Å². The van der Waals surface area contributed by atoms with Crippen LogP contribution in [0.25, 0.3) is 11.3 Å². The minimum atomic E-state index is -0.385. The van der Waals surface area contributed by atoms with Crippen LogP contribution in [0.1, 0.15) is 39.2 Å². The quantitative estimate of drug-likeness (QED) is 0.889. The Bertz CT molecular complexity index is 767. The van der Waals surface area contributed by atoms with E-state index in [0.717, 1.165) is 55.7 Å². The van der Waals surface area contributed by atoms with Gasteiger partial charge in [0, 0.05) is 17.8 Å². The number of nitrogens with zero attached hydrogens (tertiary/aromatic N) is 1. The van der Waals surface area contributed by atoms with E-state index in [9.17, 15) is 4.79 Å². The maximum atomic E-state index is 11.9. The molecule has 0 unspecified atom stereocenters. The Hall–Kier alpha value is -2.20. The number of hydrogen-bond acceptors (Lipinski definition) is 3. The van der Waals surface area contributed by atoms with E-state index in [4.69, 9.17) is 10.7 Å². The van der Waals surface area contributed by atoms with Crippen molar-refractivity contribution in [3.05, 3.63) is 52.2 Å². The monoisotopic (exact) mass is 293 g/mol. The SMILES string of the molecule is NC(=O)c1cc2c(nc1-c1cccc3c1CCNC3)CCC2. The number of pyridine rings is 1. The zero-order valence-electron chi connectivity index (χ0n) is 12.5. The molecule has 0 atom stereocenters. The summed E-state index contributed by atoms with van der Waals surface area (Å²) in [4.78, 5) is 16.8. The summed E-state index contributed by atoms with van der Waals surface area (Å²) in [6, 6.07) is 8.22. The number of aryl methyl sites for hydroxylation is 2. The zero-order chi connectivity index (χ0) is 15.1. The van der Waals surface area contributed by atoms with Crippen molar-refractivity contribution in [2.45, 2.75) is 32.2 Å². The fourth-order valence-corrected chi connectivity index (χ4v) is 3.62. The van der Waals surface area contributed by atoms with E-state index < -0.39 is 0 Å². The van der Waals surface area contributed by atoms with Crippen LogP contribution >= 0.6 is 0 Å². The van der Waals surface area contributed by atoms with E-state index in [1.807, 2.05) is 12.1 Å². The number of carbonyl (C=O) groups excluding carboxylic acids is 1. The molecule has 1 aromatic carbocycles. The number of aromatic nitrogens is 1. The van der Waals surface area contributed by atoms with Crippen molar-refractivity contribution in [2.24, 2.45) is 5.73 Å². The van der Waals surface area contributed by atoms with Gasteiger partial charge in [-0.25, -0.2) is 0 Å². The first kappa shape index (κ1) is 13.5. The van der Waals surface area contributed by atoms with E-state index in [2.05, 4.69) is 17.4 Å². The number of amides is 1. The highest BCUT2D eigenvalue weighted by atomic mass is 16.1. The average Bonchev–Trinajstić information content (AvgIpc) is 3.00. The van der Waals surface area contributed by atoms with Crippen LogP contribution in [-0.4, -0.2) is 17.4 Å². The molecule has 2 aliphatic rings. The van der Waals surface area contributed by atoms with Gasteiger partial charge in [-0.1, -0.05) is 18.2 Å². The van der Waals surface area contributed by atoms with Crippen LogP contribution in [0.4, 0.5) is 0 Å². The predicted molar refractivity (Wildman–Crippen MR) is 85.6 cm³/mol. The first-order valence-electron chi connectivity index (χ1n) is 7.88. The smallest absolute Gasteiger partial charge is 0.250 e. The van der Waals surface area contributed by atoms with Gasteiger partial charge in [0.2, 0.25) is 0 Å². The standard InChI is InChI=1S/C18H19N3O/c19-18(22)15-9-11-3-2-6-16(11)21-17(15)14-5-1-4-12-10-20-8-7-13(12)14/h1,4-5,9,20H,2-3,6-8,10H2,(H2,19,22). The predicted octanol–water partition coefficient (Wildman–Crippen LogP) is 1.98. The highest BCUT2D eigenvalue weighted by molar-refractivity contribution is 5.99. The van der Waals surface area contributed by atoms with Crippen molar-refractivity contribution in [2.75, 3.05) is 6.54 Å². The number of benzene rings is 1. The van der Waals surface area contributed by atoms with Gasteiger partial charge < -0.3 is 11.1 Å². The van der Waals surface area contributed by atoms with Crippen molar-refractivity contribution in [1.82, 2.24) is 10.3 Å². The highest BCUT2D eigenvalue weighted by Gasteiger charge is 2.22. The molecule has 0 radical (unpaired) electrons.